The van der Waals surface area contributed by atoms with E-state index in [0.717, 1.165) is 34.1 Å². The number of carbonyl (C=O) groups is 2. The van der Waals surface area contributed by atoms with Crippen LogP contribution >= 0.6 is 0 Å². The number of carboxylic acid groups (broad SMARTS) is 1. The average Bonchev–Trinajstić information content (AvgIpc) is 2.90. The third-order valence-corrected chi connectivity index (χ3v) is 6.28. The maximum absolute atomic E-state index is 12.1. The number of rotatable bonds is 10. The summed E-state index contributed by atoms with van der Waals surface area (Å²) in [5, 5.41) is 11.5. The van der Waals surface area contributed by atoms with Gasteiger partial charge in [0, 0.05) is 47.3 Å². The van der Waals surface area contributed by atoms with Gasteiger partial charge >= 0.3 is 5.97 Å². The third kappa shape index (κ3) is 5.26. The smallest absolute Gasteiger partial charge is 0.336 e. The second-order valence-electron chi connectivity index (χ2n) is 8.64. The lowest BCUT2D eigenvalue weighted by Crippen LogP contribution is -2.30. The number of hydroxylamine groups is 1. The Morgan fingerprint density at radius 3 is 2.54 bits per heavy atom. The topological polar surface area (TPSA) is 83.0 Å². The molecule has 0 saturated heterocycles. The number of carboxylic acids is 1. The Labute approximate surface area is 215 Å². The van der Waals surface area contributed by atoms with Gasteiger partial charge in [-0.3, -0.25) is 9.63 Å². The highest BCUT2D eigenvalue weighted by molar-refractivity contribution is 6.07. The first-order chi connectivity index (χ1) is 17.9. The second kappa shape index (κ2) is 11.1. The molecule has 7 heteroatoms. The second-order valence-corrected chi connectivity index (χ2v) is 8.64. The molecule has 0 unspecified atom stereocenters. The van der Waals surface area contributed by atoms with Gasteiger partial charge in [0.1, 0.15) is 17.1 Å². The summed E-state index contributed by atoms with van der Waals surface area (Å²) >= 11 is 0. The number of ketones is 1. The highest BCUT2D eigenvalue weighted by Gasteiger charge is 2.23. The summed E-state index contributed by atoms with van der Waals surface area (Å²) in [6.07, 6.45) is 2.09. The quantitative estimate of drug-likeness (QED) is 0.174. The SMILES string of the molecule is C=CN(CC)c1ccc2c(-c3ccccc3C(=O)O)c3cc/c(=[N+](\CC)OCCC(C)=O)cc-3oc2c1. The summed E-state index contributed by atoms with van der Waals surface area (Å²) in [7, 11) is 0. The number of benzene rings is 3. The van der Waals surface area contributed by atoms with Crippen LogP contribution in [0.2, 0.25) is 0 Å². The predicted molar refractivity (Wildman–Crippen MR) is 146 cm³/mol. The summed E-state index contributed by atoms with van der Waals surface area (Å²) in [5.41, 5.74) is 3.95. The van der Waals surface area contributed by atoms with Gasteiger partial charge in [-0.25, -0.2) is 4.79 Å². The van der Waals surface area contributed by atoms with Gasteiger partial charge in [0.2, 0.25) is 0 Å². The first kappa shape index (κ1) is 25.7. The molecule has 4 rings (SSSR count). The number of hydrogen-bond donors (Lipinski definition) is 1. The molecule has 37 heavy (non-hydrogen) atoms. The first-order valence-corrected chi connectivity index (χ1v) is 12.3. The average molecular weight is 500 g/mol. The van der Waals surface area contributed by atoms with Crippen LogP contribution < -0.4 is 15.0 Å². The molecule has 2 aromatic rings. The van der Waals surface area contributed by atoms with Crippen molar-refractivity contribution in [3.8, 4) is 22.5 Å². The van der Waals surface area contributed by atoms with Crippen molar-refractivity contribution < 1.29 is 24.0 Å². The molecule has 2 aliphatic rings. The number of nitrogens with zero attached hydrogens (tertiary/aromatic N) is 2. The molecule has 0 radical (unpaired) electrons. The van der Waals surface area contributed by atoms with Crippen LogP contribution in [-0.4, -0.2) is 36.6 Å². The fraction of sp³-hybridized carbons (Fsp3) is 0.233. The normalized spacial score (nSPS) is 11.9. The van der Waals surface area contributed by atoms with Crippen molar-refractivity contribution in [2.75, 3.05) is 24.6 Å². The van der Waals surface area contributed by atoms with Crippen LogP contribution in [0.3, 0.4) is 0 Å². The highest BCUT2D eigenvalue weighted by Crippen LogP contribution is 2.42. The molecule has 0 aromatic heterocycles. The molecule has 7 nitrogen and oxygen atoms in total. The molecular formula is C30H31N2O5+. The van der Waals surface area contributed by atoms with E-state index in [2.05, 4.69) is 6.58 Å². The molecule has 0 atom stereocenters. The first-order valence-electron chi connectivity index (χ1n) is 12.3. The molecular weight excluding hydrogens is 468 g/mol. The van der Waals surface area contributed by atoms with Crippen LogP contribution in [-0.2, 0) is 9.63 Å². The van der Waals surface area contributed by atoms with Gasteiger partial charge < -0.3 is 14.4 Å². The van der Waals surface area contributed by atoms with Crippen LogP contribution in [0.25, 0.3) is 33.4 Å². The molecule has 0 spiro atoms. The zero-order chi connectivity index (χ0) is 26.5. The van der Waals surface area contributed by atoms with Crippen molar-refractivity contribution >= 4 is 28.4 Å². The number of fused-ring (bicyclic) bond motifs is 2. The minimum absolute atomic E-state index is 0.0641. The highest BCUT2D eigenvalue weighted by atomic mass is 16.7. The van der Waals surface area contributed by atoms with Gasteiger partial charge in [-0.15, -0.1) is 0 Å². The van der Waals surface area contributed by atoms with E-state index >= 15 is 0 Å². The summed E-state index contributed by atoms with van der Waals surface area (Å²) in [5.74, 6) is -0.340. The number of hydrogen-bond acceptors (Lipinski definition) is 5. The van der Waals surface area contributed by atoms with Crippen molar-refractivity contribution in [2.45, 2.75) is 27.2 Å². The van der Waals surface area contributed by atoms with Crippen molar-refractivity contribution in [2.24, 2.45) is 0 Å². The number of anilines is 1. The van der Waals surface area contributed by atoms with Gasteiger partial charge in [0.05, 0.1) is 11.6 Å². The summed E-state index contributed by atoms with van der Waals surface area (Å²) in [4.78, 5) is 31.3. The zero-order valence-corrected chi connectivity index (χ0v) is 21.4. The number of aromatic carboxylic acids is 1. The molecule has 190 valence electrons. The molecule has 1 heterocycles. The van der Waals surface area contributed by atoms with Gasteiger partial charge in [-0.05, 0) is 61.5 Å². The Balaban J connectivity index is 2.03. The lowest BCUT2D eigenvalue weighted by molar-refractivity contribution is -0.119. The molecule has 2 aromatic carbocycles. The largest absolute Gasteiger partial charge is 0.478 e. The standard InChI is InChI=1S/C30H30N2O5/c1-5-31(6-2)21-12-14-25-27(18-21)37-28-19-22(32(7-3)36-17-16-20(4)33)13-15-26(28)29(25)23-10-8-9-11-24(23)30(34)35/h5,8-15,18-19H,1,6-7,16-17H2,2-4H3/p+1. The molecule has 1 aliphatic heterocycles. The molecule has 1 aliphatic carbocycles. The minimum Gasteiger partial charge on any atom is -0.478 e. The Hall–Kier alpha value is -4.39. The van der Waals surface area contributed by atoms with E-state index in [1.54, 1.807) is 23.1 Å². The van der Waals surface area contributed by atoms with E-state index in [4.69, 9.17) is 9.25 Å². The minimum atomic E-state index is -0.995. The van der Waals surface area contributed by atoms with Crippen LogP contribution in [0.1, 0.15) is 37.6 Å². The Bertz CT molecular complexity index is 1520. The summed E-state index contributed by atoms with van der Waals surface area (Å²) in [6, 6.07) is 18.6. The Kier molecular flexibility index (Phi) is 7.72. The van der Waals surface area contributed by atoms with E-state index in [1.165, 1.54) is 6.92 Å². The fourth-order valence-electron chi connectivity index (χ4n) is 4.44. The Morgan fingerprint density at radius 2 is 1.86 bits per heavy atom. The van der Waals surface area contributed by atoms with Crippen molar-refractivity contribution in [3.05, 3.63) is 84.4 Å². The lowest BCUT2D eigenvalue weighted by Gasteiger charge is -2.20. The van der Waals surface area contributed by atoms with Gasteiger partial charge in [-0.1, -0.05) is 24.8 Å². The monoisotopic (exact) mass is 499 g/mol. The van der Waals surface area contributed by atoms with Crippen LogP contribution in [0.15, 0.2) is 77.9 Å². The fourth-order valence-corrected chi connectivity index (χ4v) is 4.44. The van der Waals surface area contributed by atoms with E-state index in [0.29, 0.717) is 29.9 Å². The van der Waals surface area contributed by atoms with E-state index in [1.807, 2.05) is 67.3 Å². The van der Waals surface area contributed by atoms with Gasteiger partial charge in [-0.2, -0.15) is 0 Å². The van der Waals surface area contributed by atoms with E-state index in [9.17, 15) is 14.7 Å². The van der Waals surface area contributed by atoms with E-state index < -0.39 is 5.97 Å². The van der Waals surface area contributed by atoms with Crippen LogP contribution in [0.5, 0.6) is 0 Å². The molecule has 1 N–H and O–H groups in total. The third-order valence-electron chi connectivity index (χ3n) is 6.28. The zero-order valence-electron chi connectivity index (χ0n) is 21.4. The van der Waals surface area contributed by atoms with Crippen molar-refractivity contribution in [3.63, 3.8) is 0 Å². The lowest BCUT2D eigenvalue weighted by atomic mass is 9.90. The summed E-state index contributed by atoms with van der Waals surface area (Å²) in [6.45, 7) is 11.0. The van der Waals surface area contributed by atoms with Crippen LogP contribution in [0.4, 0.5) is 5.69 Å². The molecule has 0 bridgehead atoms. The predicted octanol–water partition coefficient (Wildman–Crippen LogP) is 5.58. The van der Waals surface area contributed by atoms with E-state index in [-0.39, 0.29) is 18.0 Å². The summed E-state index contributed by atoms with van der Waals surface area (Å²) < 4.78 is 8.14. The number of carbonyl (C=O) groups excluding carboxylic acids is 1. The maximum Gasteiger partial charge on any atom is 0.336 e. The molecule has 0 amide bonds. The maximum atomic E-state index is 12.1. The van der Waals surface area contributed by atoms with Crippen LogP contribution in [0, 0.1) is 0 Å². The molecule has 0 fully saturated rings. The van der Waals surface area contributed by atoms with Gasteiger partial charge in [0.15, 0.2) is 13.2 Å². The van der Waals surface area contributed by atoms with Crippen molar-refractivity contribution in [1.29, 1.82) is 0 Å². The Morgan fingerprint density at radius 1 is 1.08 bits per heavy atom. The van der Waals surface area contributed by atoms with Gasteiger partial charge in [0.25, 0.3) is 5.36 Å². The molecule has 0 saturated carbocycles. The van der Waals surface area contributed by atoms with Crippen molar-refractivity contribution in [1.82, 2.24) is 4.74 Å². The number of Topliss-reactive ketones (excluding diaryl/α,β-unsaturated/α-hetero) is 1.